The molecule has 0 aliphatic rings. The van der Waals surface area contributed by atoms with Gasteiger partial charge in [0.05, 0.1) is 0 Å². The second-order valence-electron chi connectivity index (χ2n) is 2.21. The van der Waals surface area contributed by atoms with Crippen LogP contribution < -0.4 is 0 Å². The number of hydrogen-bond donors (Lipinski definition) is 3. The van der Waals surface area contributed by atoms with Crippen molar-refractivity contribution in [2.75, 3.05) is 6.16 Å². The predicted molar refractivity (Wildman–Crippen MR) is 43.0 cm³/mol. The molecule has 5 heteroatoms. The lowest BCUT2D eigenvalue weighted by Gasteiger charge is -2.06. The molecule has 0 bridgehead atoms. The van der Waals surface area contributed by atoms with Crippen molar-refractivity contribution in [3.05, 3.63) is 0 Å². The SMILES string of the molecule is CCC(Cl)CC[P+](O)(O)O. The highest BCUT2D eigenvalue weighted by Gasteiger charge is 2.29. The lowest BCUT2D eigenvalue weighted by atomic mass is 10.3. The largest absolute Gasteiger partial charge is 0.403 e. The summed E-state index contributed by atoms with van der Waals surface area (Å²) in [6.45, 7) is 1.91. The molecule has 0 aromatic rings. The summed E-state index contributed by atoms with van der Waals surface area (Å²) in [6, 6.07) is 0. The molecule has 0 amide bonds. The molecule has 0 saturated heterocycles. The van der Waals surface area contributed by atoms with Crippen molar-refractivity contribution in [1.82, 2.24) is 0 Å². The molecule has 0 saturated carbocycles. The first kappa shape index (κ1) is 10.6. The van der Waals surface area contributed by atoms with Gasteiger partial charge >= 0.3 is 7.94 Å². The molecule has 0 aliphatic heterocycles. The number of hydrogen-bond acceptors (Lipinski definition) is 3. The lowest BCUT2D eigenvalue weighted by molar-refractivity contribution is 0.329. The third-order valence-corrected chi connectivity index (χ3v) is 2.57. The van der Waals surface area contributed by atoms with E-state index in [1.165, 1.54) is 0 Å². The Bertz CT molecular complexity index is 93.4. The quantitative estimate of drug-likeness (QED) is 0.457. The summed E-state index contributed by atoms with van der Waals surface area (Å²) < 4.78 is 0. The number of rotatable bonds is 4. The molecule has 0 aromatic carbocycles. The smallest absolute Gasteiger partial charge is 0.193 e. The van der Waals surface area contributed by atoms with Gasteiger partial charge in [0.25, 0.3) is 0 Å². The fourth-order valence-electron chi connectivity index (χ4n) is 0.517. The highest BCUT2D eigenvalue weighted by atomic mass is 35.5. The van der Waals surface area contributed by atoms with Gasteiger partial charge in [-0.3, -0.25) is 0 Å². The Morgan fingerprint density at radius 3 is 2.20 bits per heavy atom. The van der Waals surface area contributed by atoms with Gasteiger partial charge in [-0.2, -0.15) is 14.7 Å². The Balaban J connectivity index is 3.36. The van der Waals surface area contributed by atoms with Gasteiger partial charge in [0.2, 0.25) is 0 Å². The minimum absolute atomic E-state index is 0.00894. The second kappa shape index (κ2) is 4.47. The van der Waals surface area contributed by atoms with Gasteiger partial charge in [-0.25, -0.2) is 0 Å². The van der Waals surface area contributed by atoms with Crippen LogP contribution in [-0.2, 0) is 0 Å². The van der Waals surface area contributed by atoms with E-state index in [1.807, 2.05) is 6.92 Å². The molecule has 0 aromatic heterocycles. The zero-order valence-electron chi connectivity index (χ0n) is 5.87. The van der Waals surface area contributed by atoms with Crippen molar-refractivity contribution in [3.63, 3.8) is 0 Å². The third kappa shape index (κ3) is 6.72. The molecule has 0 fully saturated rings. The van der Waals surface area contributed by atoms with E-state index in [1.54, 1.807) is 0 Å². The Morgan fingerprint density at radius 1 is 1.40 bits per heavy atom. The molecule has 0 spiro atoms. The molecular weight excluding hydrogens is 174 g/mol. The van der Waals surface area contributed by atoms with Crippen LogP contribution >= 0.6 is 19.5 Å². The fraction of sp³-hybridized carbons (Fsp3) is 1.00. The van der Waals surface area contributed by atoms with Crippen molar-refractivity contribution in [2.24, 2.45) is 0 Å². The second-order valence-corrected chi connectivity index (χ2v) is 4.66. The Hall–Kier alpha value is 0.600. The first-order valence-corrected chi connectivity index (χ1v) is 5.43. The standard InChI is InChI=1S/C5H13ClO3P/c1-2-5(6)3-4-10(7,8)9/h5,7-9H,2-4H2,1H3/q+1. The number of alkyl halides is 1. The van der Waals surface area contributed by atoms with Crippen LogP contribution in [0.5, 0.6) is 0 Å². The summed E-state index contributed by atoms with van der Waals surface area (Å²) in [4.78, 5) is 25.6. The summed E-state index contributed by atoms with van der Waals surface area (Å²) in [5, 5.41) is -0.0641. The summed E-state index contributed by atoms with van der Waals surface area (Å²) in [5.41, 5.74) is 0. The van der Waals surface area contributed by atoms with Crippen LogP contribution in [0.25, 0.3) is 0 Å². The summed E-state index contributed by atoms with van der Waals surface area (Å²) in [6.07, 6.45) is 1.24. The molecule has 3 N–H and O–H groups in total. The maximum atomic E-state index is 8.53. The maximum Gasteiger partial charge on any atom is 0.403 e. The first-order chi connectivity index (χ1) is 4.45. The van der Waals surface area contributed by atoms with Gasteiger partial charge in [0, 0.05) is 11.8 Å². The fourth-order valence-corrected chi connectivity index (χ4v) is 1.44. The molecular formula is C5H13ClO3P+. The van der Waals surface area contributed by atoms with E-state index in [-0.39, 0.29) is 11.5 Å². The van der Waals surface area contributed by atoms with E-state index in [4.69, 9.17) is 26.3 Å². The van der Waals surface area contributed by atoms with E-state index >= 15 is 0 Å². The van der Waals surface area contributed by atoms with Crippen LogP contribution in [0.2, 0.25) is 0 Å². The van der Waals surface area contributed by atoms with Crippen LogP contribution in [0.15, 0.2) is 0 Å². The Labute approximate surface area is 66.2 Å². The van der Waals surface area contributed by atoms with Crippen molar-refractivity contribution < 1.29 is 14.7 Å². The first-order valence-electron chi connectivity index (χ1n) is 3.16. The minimum Gasteiger partial charge on any atom is -0.193 e. The normalized spacial score (nSPS) is 15.3. The van der Waals surface area contributed by atoms with Gasteiger partial charge in [0.1, 0.15) is 6.16 Å². The zero-order valence-corrected chi connectivity index (χ0v) is 7.52. The monoisotopic (exact) mass is 187 g/mol. The van der Waals surface area contributed by atoms with Gasteiger partial charge in [0.15, 0.2) is 0 Å². The van der Waals surface area contributed by atoms with Crippen LogP contribution in [-0.4, -0.2) is 26.2 Å². The molecule has 62 valence electrons. The van der Waals surface area contributed by atoms with Crippen molar-refractivity contribution in [2.45, 2.75) is 25.1 Å². The Kier molecular flexibility index (Phi) is 4.74. The highest BCUT2D eigenvalue weighted by molar-refractivity contribution is 7.58. The van der Waals surface area contributed by atoms with E-state index in [9.17, 15) is 0 Å². The summed E-state index contributed by atoms with van der Waals surface area (Å²) >= 11 is 5.66. The van der Waals surface area contributed by atoms with E-state index in [2.05, 4.69) is 0 Å². The minimum atomic E-state index is -3.57. The van der Waals surface area contributed by atoms with Gasteiger partial charge < -0.3 is 0 Å². The Morgan fingerprint density at radius 2 is 1.90 bits per heavy atom. The average molecular weight is 188 g/mol. The van der Waals surface area contributed by atoms with Crippen LogP contribution in [0.3, 0.4) is 0 Å². The van der Waals surface area contributed by atoms with Crippen molar-refractivity contribution >= 4 is 19.5 Å². The lowest BCUT2D eigenvalue weighted by Crippen LogP contribution is -2.03. The molecule has 0 heterocycles. The number of halogens is 1. The van der Waals surface area contributed by atoms with Crippen LogP contribution in [0.4, 0.5) is 0 Å². The van der Waals surface area contributed by atoms with Gasteiger partial charge in [-0.05, 0) is 6.42 Å². The topological polar surface area (TPSA) is 60.7 Å². The van der Waals surface area contributed by atoms with Crippen molar-refractivity contribution in [1.29, 1.82) is 0 Å². The van der Waals surface area contributed by atoms with E-state index in [0.29, 0.717) is 6.42 Å². The average Bonchev–Trinajstić information content (AvgIpc) is 1.81. The predicted octanol–water partition coefficient (Wildman–Crippen LogP) is 1.13. The molecule has 1 atom stereocenters. The van der Waals surface area contributed by atoms with Gasteiger partial charge in [-0.15, -0.1) is 11.6 Å². The molecule has 10 heavy (non-hydrogen) atoms. The molecule has 3 nitrogen and oxygen atoms in total. The van der Waals surface area contributed by atoms with Crippen molar-refractivity contribution in [3.8, 4) is 0 Å². The maximum absolute atomic E-state index is 8.53. The molecule has 0 aliphatic carbocycles. The molecule has 1 unspecified atom stereocenters. The third-order valence-electron chi connectivity index (χ3n) is 1.19. The van der Waals surface area contributed by atoms with Gasteiger partial charge in [-0.1, -0.05) is 6.92 Å². The molecule has 0 radical (unpaired) electrons. The summed E-state index contributed by atoms with van der Waals surface area (Å²) in [5.74, 6) is 0. The molecule has 0 rings (SSSR count). The zero-order chi connectivity index (χ0) is 8.20. The highest BCUT2D eigenvalue weighted by Crippen LogP contribution is 2.45. The summed E-state index contributed by atoms with van der Waals surface area (Å²) in [7, 11) is -3.57. The van der Waals surface area contributed by atoms with Crippen LogP contribution in [0.1, 0.15) is 19.8 Å². The van der Waals surface area contributed by atoms with E-state index < -0.39 is 7.94 Å². The van der Waals surface area contributed by atoms with E-state index in [0.717, 1.165) is 6.42 Å². The van der Waals surface area contributed by atoms with Crippen LogP contribution in [0, 0.1) is 0 Å².